The predicted octanol–water partition coefficient (Wildman–Crippen LogP) is 4.62. The molecule has 104 valence electrons. The number of benzene rings is 2. The standard InChI is InChI=1S/C15H14Cl2N2O/c1-10-7-13(17)5-6-14(10)19-15(20)18-9-11-3-2-4-12(16)8-11/h2-8H,9H2,1H3,(H2,18,19,20). The Bertz CT molecular complexity index is 629. The summed E-state index contributed by atoms with van der Waals surface area (Å²) < 4.78 is 0. The van der Waals surface area contributed by atoms with Crippen LogP contribution in [0.5, 0.6) is 0 Å². The van der Waals surface area contributed by atoms with E-state index in [2.05, 4.69) is 10.6 Å². The lowest BCUT2D eigenvalue weighted by Gasteiger charge is -2.10. The van der Waals surface area contributed by atoms with E-state index in [1.807, 2.05) is 25.1 Å². The molecule has 0 atom stereocenters. The van der Waals surface area contributed by atoms with Crippen LogP contribution in [0.1, 0.15) is 11.1 Å². The predicted molar refractivity (Wildman–Crippen MR) is 83.5 cm³/mol. The van der Waals surface area contributed by atoms with Crippen LogP contribution in [0.4, 0.5) is 10.5 Å². The average Bonchev–Trinajstić information content (AvgIpc) is 2.40. The second kappa shape index (κ2) is 6.64. The van der Waals surface area contributed by atoms with Gasteiger partial charge in [-0.25, -0.2) is 4.79 Å². The Morgan fingerprint density at radius 1 is 1.10 bits per heavy atom. The van der Waals surface area contributed by atoms with Crippen LogP contribution in [0, 0.1) is 6.92 Å². The third-order valence-corrected chi connectivity index (χ3v) is 3.25. The fourth-order valence-corrected chi connectivity index (χ4v) is 2.20. The average molecular weight is 309 g/mol. The zero-order chi connectivity index (χ0) is 14.5. The van der Waals surface area contributed by atoms with Gasteiger partial charge in [-0.2, -0.15) is 0 Å². The van der Waals surface area contributed by atoms with Crippen molar-refractivity contribution in [3.05, 3.63) is 63.6 Å². The Labute approximate surface area is 127 Å². The van der Waals surface area contributed by atoms with Gasteiger partial charge in [-0.05, 0) is 48.4 Å². The van der Waals surface area contributed by atoms with Gasteiger partial charge < -0.3 is 10.6 Å². The maximum absolute atomic E-state index is 11.8. The third-order valence-electron chi connectivity index (χ3n) is 2.78. The molecule has 0 saturated heterocycles. The molecule has 0 aliphatic carbocycles. The first-order chi connectivity index (χ1) is 9.54. The SMILES string of the molecule is Cc1cc(Cl)ccc1NC(=O)NCc1cccc(Cl)c1. The molecule has 2 amide bonds. The zero-order valence-electron chi connectivity index (χ0n) is 10.9. The van der Waals surface area contributed by atoms with Crippen LogP contribution in [0.25, 0.3) is 0 Å². The summed E-state index contributed by atoms with van der Waals surface area (Å²) in [5.74, 6) is 0. The summed E-state index contributed by atoms with van der Waals surface area (Å²) >= 11 is 11.8. The van der Waals surface area contributed by atoms with E-state index in [9.17, 15) is 4.79 Å². The van der Waals surface area contributed by atoms with Crippen LogP contribution in [0.3, 0.4) is 0 Å². The van der Waals surface area contributed by atoms with Crippen LogP contribution in [-0.4, -0.2) is 6.03 Å². The Balaban J connectivity index is 1.92. The molecule has 20 heavy (non-hydrogen) atoms. The number of carbonyl (C=O) groups excluding carboxylic acids is 1. The topological polar surface area (TPSA) is 41.1 Å². The second-order valence-corrected chi connectivity index (χ2v) is 5.27. The van der Waals surface area contributed by atoms with E-state index >= 15 is 0 Å². The van der Waals surface area contributed by atoms with Crippen molar-refractivity contribution in [1.82, 2.24) is 5.32 Å². The first-order valence-electron chi connectivity index (χ1n) is 6.10. The molecule has 0 spiro atoms. The van der Waals surface area contributed by atoms with Crippen LogP contribution >= 0.6 is 23.2 Å². The summed E-state index contributed by atoms with van der Waals surface area (Å²) in [6.07, 6.45) is 0. The highest BCUT2D eigenvalue weighted by Crippen LogP contribution is 2.19. The molecule has 0 aromatic heterocycles. The molecule has 2 aromatic carbocycles. The number of anilines is 1. The Morgan fingerprint density at radius 3 is 2.55 bits per heavy atom. The first-order valence-corrected chi connectivity index (χ1v) is 6.85. The van der Waals surface area contributed by atoms with Crippen molar-refractivity contribution in [2.24, 2.45) is 0 Å². The summed E-state index contributed by atoms with van der Waals surface area (Å²) in [4.78, 5) is 11.8. The summed E-state index contributed by atoms with van der Waals surface area (Å²) in [5, 5.41) is 6.85. The van der Waals surface area contributed by atoms with E-state index in [0.717, 1.165) is 16.8 Å². The molecule has 2 N–H and O–H groups in total. The van der Waals surface area contributed by atoms with Crippen molar-refractivity contribution in [1.29, 1.82) is 0 Å². The maximum Gasteiger partial charge on any atom is 0.319 e. The van der Waals surface area contributed by atoms with E-state index in [-0.39, 0.29) is 6.03 Å². The highest BCUT2D eigenvalue weighted by Gasteiger charge is 2.04. The van der Waals surface area contributed by atoms with E-state index in [1.165, 1.54) is 0 Å². The molecule has 2 rings (SSSR count). The Morgan fingerprint density at radius 2 is 1.85 bits per heavy atom. The number of hydrogen-bond acceptors (Lipinski definition) is 1. The number of carbonyl (C=O) groups is 1. The van der Waals surface area contributed by atoms with Gasteiger partial charge in [0.1, 0.15) is 0 Å². The first kappa shape index (κ1) is 14.7. The molecular weight excluding hydrogens is 295 g/mol. The molecule has 0 fully saturated rings. The monoisotopic (exact) mass is 308 g/mol. The lowest BCUT2D eigenvalue weighted by Crippen LogP contribution is -2.28. The van der Waals surface area contributed by atoms with Gasteiger partial charge in [0.25, 0.3) is 0 Å². The minimum Gasteiger partial charge on any atom is -0.334 e. The van der Waals surface area contributed by atoms with Crippen molar-refractivity contribution in [2.75, 3.05) is 5.32 Å². The lowest BCUT2D eigenvalue weighted by atomic mass is 10.2. The van der Waals surface area contributed by atoms with Gasteiger partial charge in [0, 0.05) is 22.3 Å². The van der Waals surface area contributed by atoms with Crippen molar-refractivity contribution in [3.63, 3.8) is 0 Å². The quantitative estimate of drug-likeness (QED) is 0.853. The van der Waals surface area contributed by atoms with Crippen LogP contribution in [-0.2, 0) is 6.54 Å². The second-order valence-electron chi connectivity index (χ2n) is 4.40. The number of nitrogens with one attached hydrogen (secondary N) is 2. The molecule has 0 saturated carbocycles. The number of amides is 2. The van der Waals surface area contributed by atoms with E-state index < -0.39 is 0 Å². The van der Waals surface area contributed by atoms with Gasteiger partial charge in [-0.3, -0.25) is 0 Å². The highest BCUT2D eigenvalue weighted by atomic mass is 35.5. The van der Waals surface area contributed by atoms with Crippen molar-refractivity contribution >= 4 is 34.9 Å². The van der Waals surface area contributed by atoms with Gasteiger partial charge in [-0.15, -0.1) is 0 Å². The Hall–Kier alpha value is -1.71. The minimum absolute atomic E-state index is 0.268. The van der Waals surface area contributed by atoms with E-state index in [1.54, 1.807) is 24.3 Å². The molecule has 2 aromatic rings. The van der Waals surface area contributed by atoms with Gasteiger partial charge in [0.05, 0.1) is 0 Å². The number of halogens is 2. The fourth-order valence-electron chi connectivity index (χ4n) is 1.76. The lowest BCUT2D eigenvalue weighted by molar-refractivity contribution is 0.251. The largest absolute Gasteiger partial charge is 0.334 e. The summed E-state index contributed by atoms with van der Waals surface area (Å²) in [5.41, 5.74) is 2.59. The Kier molecular flexibility index (Phi) is 4.88. The molecule has 5 heteroatoms. The molecule has 0 unspecified atom stereocenters. The van der Waals surface area contributed by atoms with Crippen molar-refractivity contribution in [3.8, 4) is 0 Å². The third kappa shape index (κ3) is 4.15. The van der Waals surface area contributed by atoms with Crippen molar-refractivity contribution in [2.45, 2.75) is 13.5 Å². The van der Waals surface area contributed by atoms with Gasteiger partial charge in [0.2, 0.25) is 0 Å². The summed E-state index contributed by atoms with van der Waals surface area (Å²) in [6.45, 7) is 2.30. The fraction of sp³-hybridized carbons (Fsp3) is 0.133. The number of rotatable bonds is 3. The maximum atomic E-state index is 11.8. The van der Waals surface area contributed by atoms with Crippen molar-refractivity contribution < 1.29 is 4.79 Å². The van der Waals surface area contributed by atoms with E-state index in [0.29, 0.717) is 16.6 Å². The molecule has 0 heterocycles. The highest BCUT2D eigenvalue weighted by molar-refractivity contribution is 6.31. The zero-order valence-corrected chi connectivity index (χ0v) is 12.4. The van der Waals surface area contributed by atoms with Crippen LogP contribution in [0.15, 0.2) is 42.5 Å². The van der Waals surface area contributed by atoms with E-state index in [4.69, 9.17) is 23.2 Å². The van der Waals surface area contributed by atoms with Gasteiger partial charge >= 0.3 is 6.03 Å². The summed E-state index contributed by atoms with van der Waals surface area (Å²) in [6, 6.07) is 12.4. The molecule has 0 bridgehead atoms. The molecule has 0 aliphatic heterocycles. The molecule has 0 radical (unpaired) electrons. The number of urea groups is 1. The van der Waals surface area contributed by atoms with Gasteiger partial charge in [-0.1, -0.05) is 35.3 Å². The molecular formula is C15H14Cl2N2O. The summed E-state index contributed by atoms with van der Waals surface area (Å²) in [7, 11) is 0. The van der Waals surface area contributed by atoms with Crippen LogP contribution < -0.4 is 10.6 Å². The van der Waals surface area contributed by atoms with Gasteiger partial charge in [0.15, 0.2) is 0 Å². The normalized spacial score (nSPS) is 10.2. The van der Waals surface area contributed by atoms with Crippen LogP contribution in [0.2, 0.25) is 10.0 Å². The molecule has 3 nitrogen and oxygen atoms in total. The smallest absolute Gasteiger partial charge is 0.319 e. The molecule has 0 aliphatic rings. The number of hydrogen-bond donors (Lipinski definition) is 2. The minimum atomic E-state index is -0.268. The number of aryl methyl sites for hydroxylation is 1.